The van der Waals surface area contributed by atoms with Crippen LogP contribution < -0.4 is 0 Å². The Bertz CT molecular complexity index is 597. The number of benzene rings is 2. The number of aryl methyl sites for hydroxylation is 3. The molecule has 19 heavy (non-hydrogen) atoms. The van der Waals surface area contributed by atoms with Gasteiger partial charge in [-0.05, 0) is 55.7 Å². The summed E-state index contributed by atoms with van der Waals surface area (Å²) in [6.07, 6.45) is 0. The molecule has 0 bridgehead atoms. The lowest BCUT2D eigenvalue weighted by Crippen LogP contribution is -2.02. The van der Waals surface area contributed by atoms with Crippen LogP contribution in [0.15, 0.2) is 30.3 Å². The van der Waals surface area contributed by atoms with E-state index in [0.29, 0.717) is 10.6 Å². The number of alkyl halides is 1. The Kier molecular flexibility index (Phi) is 4.17. The zero-order chi connectivity index (χ0) is 14.2. The first-order chi connectivity index (χ1) is 8.90. The van der Waals surface area contributed by atoms with Gasteiger partial charge in [0, 0.05) is 10.6 Å². The maximum Gasteiger partial charge on any atom is 0.128 e. The summed E-state index contributed by atoms with van der Waals surface area (Å²) in [4.78, 5) is 0. The maximum absolute atomic E-state index is 13.9. The molecule has 0 heterocycles. The molecule has 2 aromatic rings. The van der Waals surface area contributed by atoms with E-state index < -0.39 is 5.38 Å². The second-order valence-electron chi connectivity index (χ2n) is 4.84. The lowest BCUT2D eigenvalue weighted by molar-refractivity contribution is 0.612. The van der Waals surface area contributed by atoms with Crippen LogP contribution in [0.1, 0.15) is 33.2 Å². The van der Waals surface area contributed by atoms with E-state index in [9.17, 15) is 4.39 Å². The maximum atomic E-state index is 13.9. The molecule has 100 valence electrons. The smallest absolute Gasteiger partial charge is 0.128 e. The van der Waals surface area contributed by atoms with Crippen LogP contribution in [0.3, 0.4) is 0 Å². The molecule has 0 aromatic heterocycles. The van der Waals surface area contributed by atoms with E-state index in [2.05, 4.69) is 12.1 Å². The fraction of sp³-hybridized carbons (Fsp3) is 0.250. The van der Waals surface area contributed by atoms with E-state index in [1.165, 1.54) is 17.7 Å². The van der Waals surface area contributed by atoms with Gasteiger partial charge in [-0.15, -0.1) is 11.6 Å². The van der Waals surface area contributed by atoms with Crippen molar-refractivity contribution in [3.05, 3.63) is 69.0 Å². The molecule has 0 fully saturated rings. The minimum atomic E-state index is -0.528. The highest BCUT2D eigenvalue weighted by molar-refractivity contribution is 6.31. The Morgan fingerprint density at radius 3 is 2.16 bits per heavy atom. The molecular formula is C16H15Cl2F. The number of hydrogen-bond acceptors (Lipinski definition) is 0. The molecular weight excluding hydrogens is 282 g/mol. The van der Waals surface area contributed by atoms with E-state index in [4.69, 9.17) is 23.2 Å². The third-order valence-corrected chi connectivity index (χ3v) is 3.91. The summed E-state index contributed by atoms with van der Waals surface area (Å²) >= 11 is 12.4. The summed E-state index contributed by atoms with van der Waals surface area (Å²) in [6, 6.07) is 8.58. The van der Waals surface area contributed by atoms with Gasteiger partial charge < -0.3 is 0 Å². The van der Waals surface area contributed by atoms with Crippen molar-refractivity contribution >= 4 is 23.2 Å². The van der Waals surface area contributed by atoms with Gasteiger partial charge in [0.2, 0.25) is 0 Å². The van der Waals surface area contributed by atoms with Crippen molar-refractivity contribution in [1.82, 2.24) is 0 Å². The highest BCUT2D eigenvalue weighted by Gasteiger charge is 2.19. The molecule has 0 radical (unpaired) electrons. The fourth-order valence-electron chi connectivity index (χ4n) is 2.46. The van der Waals surface area contributed by atoms with Crippen molar-refractivity contribution in [3.8, 4) is 0 Å². The monoisotopic (exact) mass is 296 g/mol. The van der Waals surface area contributed by atoms with Crippen molar-refractivity contribution in [1.29, 1.82) is 0 Å². The molecule has 2 rings (SSSR count). The minimum absolute atomic E-state index is 0.330. The van der Waals surface area contributed by atoms with Gasteiger partial charge in [-0.2, -0.15) is 0 Å². The predicted molar refractivity (Wildman–Crippen MR) is 79.8 cm³/mol. The van der Waals surface area contributed by atoms with Crippen LogP contribution in [-0.2, 0) is 0 Å². The summed E-state index contributed by atoms with van der Waals surface area (Å²) in [5.74, 6) is -0.330. The molecule has 0 saturated heterocycles. The van der Waals surface area contributed by atoms with Crippen molar-refractivity contribution in [2.24, 2.45) is 0 Å². The molecule has 0 aliphatic rings. The molecule has 0 aliphatic heterocycles. The van der Waals surface area contributed by atoms with Gasteiger partial charge in [-0.1, -0.05) is 29.3 Å². The average Bonchev–Trinajstić information content (AvgIpc) is 2.30. The third-order valence-electron chi connectivity index (χ3n) is 3.22. The second kappa shape index (κ2) is 5.52. The molecule has 0 nitrogen and oxygen atoms in total. The van der Waals surface area contributed by atoms with Crippen LogP contribution in [0.2, 0.25) is 5.02 Å². The quantitative estimate of drug-likeness (QED) is 0.621. The summed E-state index contributed by atoms with van der Waals surface area (Å²) in [5, 5.41) is -0.0382. The van der Waals surface area contributed by atoms with E-state index in [0.717, 1.165) is 16.7 Å². The molecule has 0 saturated carbocycles. The Morgan fingerprint density at radius 1 is 1.00 bits per heavy atom. The van der Waals surface area contributed by atoms with Gasteiger partial charge >= 0.3 is 0 Å². The summed E-state index contributed by atoms with van der Waals surface area (Å²) < 4.78 is 13.9. The minimum Gasteiger partial charge on any atom is -0.207 e. The van der Waals surface area contributed by atoms with Crippen molar-refractivity contribution < 1.29 is 4.39 Å². The van der Waals surface area contributed by atoms with Crippen LogP contribution in [0.25, 0.3) is 0 Å². The molecule has 1 unspecified atom stereocenters. The zero-order valence-corrected chi connectivity index (χ0v) is 12.6. The molecule has 0 amide bonds. The van der Waals surface area contributed by atoms with Crippen LogP contribution in [0.4, 0.5) is 4.39 Å². The van der Waals surface area contributed by atoms with Gasteiger partial charge in [-0.25, -0.2) is 4.39 Å². The Hall–Kier alpha value is -1.05. The first-order valence-electron chi connectivity index (χ1n) is 6.07. The van der Waals surface area contributed by atoms with E-state index in [1.54, 1.807) is 6.07 Å². The molecule has 2 aromatic carbocycles. The summed E-state index contributed by atoms with van der Waals surface area (Å²) in [7, 11) is 0. The lowest BCUT2D eigenvalue weighted by Gasteiger charge is -2.18. The Labute approximate surface area is 123 Å². The zero-order valence-electron chi connectivity index (χ0n) is 11.1. The standard InChI is InChI=1S/C16H15Cl2F/c1-9-6-10(2)15(11(3)7-9)16(18)13-8-12(17)4-5-14(13)19/h4-8,16H,1-3H3. The topological polar surface area (TPSA) is 0 Å². The van der Waals surface area contributed by atoms with Crippen LogP contribution in [0, 0.1) is 26.6 Å². The van der Waals surface area contributed by atoms with Gasteiger partial charge in [0.05, 0.1) is 5.38 Å². The second-order valence-corrected chi connectivity index (χ2v) is 5.71. The Balaban J connectivity index is 2.56. The van der Waals surface area contributed by atoms with Crippen LogP contribution in [-0.4, -0.2) is 0 Å². The number of rotatable bonds is 2. The summed E-state index contributed by atoms with van der Waals surface area (Å²) in [5.41, 5.74) is 4.68. The first kappa shape index (κ1) is 14.4. The molecule has 0 aliphatic carbocycles. The highest BCUT2D eigenvalue weighted by atomic mass is 35.5. The summed E-state index contributed by atoms with van der Waals surface area (Å²) in [6.45, 7) is 6.02. The first-order valence-corrected chi connectivity index (χ1v) is 6.88. The van der Waals surface area contributed by atoms with Crippen molar-refractivity contribution in [2.75, 3.05) is 0 Å². The molecule has 1 atom stereocenters. The molecule has 0 N–H and O–H groups in total. The van der Waals surface area contributed by atoms with Crippen LogP contribution in [0.5, 0.6) is 0 Å². The van der Waals surface area contributed by atoms with Gasteiger partial charge in [0.1, 0.15) is 5.82 Å². The lowest BCUT2D eigenvalue weighted by atomic mass is 9.93. The van der Waals surface area contributed by atoms with Crippen molar-refractivity contribution in [2.45, 2.75) is 26.1 Å². The van der Waals surface area contributed by atoms with E-state index in [1.807, 2.05) is 20.8 Å². The fourth-order valence-corrected chi connectivity index (χ4v) is 3.15. The van der Waals surface area contributed by atoms with Crippen molar-refractivity contribution in [3.63, 3.8) is 0 Å². The SMILES string of the molecule is Cc1cc(C)c(C(Cl)c2cc(Cl)ccc2F)c(C)c1. The van der Waals surface area contributed by atoms with Gasteiger partial charge in [0.25, 0.3) is 0 Å². The predicted octanol–water partition coefficient (Wildman–Crippen LogP) is 5.73. The number of halogens is 3. The number of hydrogen-bond donors (Lipinski definition) is 0. The average molecular weight is 297 g/mol. The molecule has 3 heteroatoms. The largest absolute Gasteiger partial charge is 0.207 e. The van der Waals surface area contributed by atoms with E-state index >= 15 is 0 Å². The normalized spacial score (nSPS) is 12.5. The highest BCUT2D eigenvalue weighted by Crippen LogP contribution is 2.36. The Morgan fingerprint density at radius 2 is 1.58 bits per heavy atom. The molecule has 0 spiro atoms. The van der Waals surface area contributed by atoms with Gasteiger partial charge in [0.15, 0.2) is 0 Å². The van der Waals surface area contributed by atoms with Crippen LogP contribution >= 0.6 is 23.2 Å². The van der Waals surface area contributed by atoms with Gasteiger partial charge in [-0.3, -0.25) is 0 Å². The third kappa shape index (κ3) is 2.93. The van der Waals surface area contributed by atoms with E-state index in [-0.39, 0.29) is 5.82 Å².